The zero-order chi connectivity index (χ0) is 19.6. The SMILES string of the molecule is Cc1c(S(=O)(=O)NCc2ccccc2N2CCC(C)CC2)cnn1C(F)F. The van der Waals surface area contributed by atoms with Crippen LogP contribution in [-0.2, 0) is 16.6 Å². The molecule has 6 nitrogen and oxygen atoms in total. The number of benzene rings is 1. The van der Waals surface area contributed by atoms with Crippen LogP contribution in [-0.4, -0.2) is 31.3 Å². The summed E-state index contributed by atoms with van der Waals surface area (Å²) in [6.45, 7) is 2.63. The second-order valence-electron chi connectivity index (χ2n) is 6.94. The molecule has 0 aliphatic carbocycles. The van der Waals surface area contributed by atoms with Gasteiger partial charge < -0.3 is 4.90 Å². The first-order chi connectivity index (χ1) is 12.8. The van der Waals surface area contributed by atoms with Crippen molar-refractivity contribution in [2.24, 2.45) is 5.92 Å². The molecule has 0 saturated carbocycles. The molecule has 1 saturated heterocycles. The van der Waals surface area contributed by atoms with E-state index in [1.54, 1.807) is 0 Å². The number of halogens is 2. The third-order valence-electron chi connectivity index (χ3n) is 5.04. The third-order valence-corrected chi connectivity index (χ3v) is 6.55. The molecule has 2 aromatic rings. The minimum absolute atomic E-state index is 0.0872. The van der Waals surface area contributed by atoms with Crippen LogP contribution in [0.3, 0.4) is 0 Å². The fourth-order valence-electron chi connectivity index (χ4n) is 3.34. The number of hydrogen-bond acceptors (Lipinski definition) is 4. The number of rotatable bonds is 6. The summed E-state index contributed by atoms with van der Waals surface area (Å²) >= 11 is 0. The van der Waals surface area contributed by atoms with Gasteiger partial charge in [0.2, 0.25) is 10.0 Å². The molecule has 0 unspecified atom stereocenters. The van der Waals surface area contributed by atoms with Gasteiger partial charge in [-0.3, -0.25) is 0 Å². The van der Waals surface area contributed by atoms with E-state index in [9.17, 15) is 17.2 Å². The van der Waals surface area contributed by atoms with Gasteiger partial charge >= 0.3 is 6.55 Å². The van der Waals surface area contributed by atoms with E-state index in [0.29, 0.717) is 10.6 Å². The van der Waals surface area contributed by atoms with E-state index in [1.807, 2.05) is 24.3 Å². The Morgan fingerprint density at radius 1 is 1.26 bits per heavy atom. The summed E-state index contributed by atoms with van der Waals surface area (Å²) in [6.07, 6.45) is 3.17. The van der Waals surface area contributed by atoms with Crippen LogP contribution in [0.2, 0.25) is 0 Å². The van der Waals surface area contributed by atoms with Gasteiger partial charge in [0.1, 0.15) is 4.90 Å². The molecule has 2 heterocycles. The van der Waals surface area contributed by atoms with Crippen molar-refractivity contribution in [2.45, 2.75) is 44.7 Å². The van der Waals surface area contributed by atoms with E-state index in [1.165, 1.54) is 6.92 Å². The first kappa shape index (κ1) is 19.8. The first-order valence-electron chi connectivity index (χ1n) is 8.94. The summed E-state index contributed by atoms with van der Waals surface area (Å²) in [6, 6.07) is 7.66. The largest absolute Gasteiger partial charge is 0.371 e. The fraction of sp³-hybridized carbons (Fsp3) is 0.500. The zero-order valence-corrected chi connectivity index (χ0v) is 16.2. The number of hydrogen-bond donors (Lipinski definition) is 1. The van der Waals surface area contributed by atoms with Crippen molar-refractivity contribution < 1.29 is 17.2 Å². The lowest BCUT2D eigenvalue weighted by atomic mass is 9.98. The average Bonchev–Trinajstić information content (AvgIpc) is 3.04. The van der Waals surface area contributed by atoms with Crippen molar-refractivity contribution in [3.8, 4) is 0 Å². The van der Waals surface area contributed by atoms with Crippen LogP contribution in [0.15, 0.2) is 35.4 Å². The van der Waals surface area contributed by atoms with E-state index >= 15 is 0 Å². The predicted octanol–water partition coefficient (Wildman–Crippen LogP) is 3.30. The van der Waals surface area contributed by atoms with Crippen molar-refractivity contribution in [1.29, 1.82) is 0 Å². The van der Waals surface area contributed by atoms with E-state index in [2.05, 4.69) is 21.6 Å². The van der Waals surface area contributed by atoms with E-state index in [-0.39, 0.29) is 17.1 Å². The van der Waals surface area contributed by atoms with Gasteiger partial charge in [-0.2, -0.15) is 13.9 Å². The van der Waals surface area contributed by atoms with Crippen LogP contribution >= 0.6 is 0 Å². The second-order valence-corrected chi connectivity index (χ2v) is 8.67. The van der Waals surface area contributed by atoms with E-state index in [0.717, 1.165) is 43.4 Å². The van der Waals surface area contributed by atoms with Crippen molar-refractivity contribution >= 4 is 15.7 Å². The van der Waals surface area contributed by atoms with E-state index < -0.39 is 16.6 Å². The zero-order valence-electron chi connectivity index (χ0n) is 15.4. The number of alkyl halides is 2. The number of aromatic nitrogens is 2. The first-order valence-corrected chi connectivity index (χ1v) is 10.4. The van der Waals surface area contributed by atoms with Crippen molar-refractivity contribution in [2.75, 3.05) is 18.0 Å². The average molecular weight is 398 g/mol. The Labute approximate surface area is 158 Å². The van der Waals surface area contributed by atoms with Gasteiger partial charge in [-0.25, -0.2) is 17.8 Å². The molecule has 27 heavy (non-hydrogen) atoms. The van der Waals surface area contributed by atoms with Gasteiger partial charge in [0, 0.05) is 25.3 Å². The third kappa shape index (κ3) is 4.30. The predicted molar refractivity (Wildman–Crippen MR) is 99.3 cm³/mol. The Balaban J connectivity index is 1.77. The standard InChI is InChI=1S/C18H24F2N4O2S/c1-13-7-9-23(10-8-13)16-6-4-3-5-15(16)11-22-27(25,26)17-12-21-24(14(17)2)18(19)20/h3-6,12-13,18,22H,7-11H2,1-2H3. The Hall–Kier alpha value is -2.00. The lowest BCUT2D eigenvalue weighted by molar-refractivity contribution is 0.0541. The van der Waals surface area contributed by atoms with Gasteiger partial charge in [0.25, 0.3) is 0 Å². The number of sulfonamides is 1. The highest BCUT2D eigenvalue weighted by atomic mass is 32.2. The topological polar surface area (TPSA) is 67.2 Å². The molecule has 0 radical (unpaired) electrons. The Kier molecular flexibility index (Phi) is 5.81. The Morgan fingerprint density at radius 2 is 1.93 bits per heavy atom. The van der Waals surface area contributed by atoms with Gasteiger partial charge in [-0.05, 0) is 37.3 Å². The van der Waals surface area contributed by atoms with Crippen molar-refractivity contribution in [3.05, 3.63) is 41.7 Å². The fourth-order valence-corrected chi connectivity index (χ4v) is 4.51. The van der Waals surface area contributed by atoms with Crippen molar-refractivity contribution in [3.63, 3.8) is 0 Å². The monoisotopic (exact) mass is 398 g/mol. The molecular weight excluding hydrogens is 374 g/mol. The number of para-hydroxylation sites is 1. The molecule has 0 amide bonds. The summed E-state index contributed by atoms with van der Waals surface area (Å²) in [4.78, 5) is 2.04. The molecule has 0 atom stereocenters. The van der Waals surface area contributed by atoms with E-state index in [4.69, 9.17) is 0 Å². The van der Waals surface area contributed by atoms with Crippen LogP contribution in [0, 0.1) is 12.8 Å². The molecule has 3 rings (SSSR count). The molecular formula is C18H24F2N4O2S. The van der Waals surface area contributed by atoms with Crippen LogP contribution in [0.4, 0.5) is 14.5 Å². The molecule has 0 bridgehead atoms. The summed E-state index contributed by atoms with van der Waals surface area (Å²) in [5, 5.41) is 3.47. The van der Waals surface area contributed by atoms with Crippen LogP contribution < -0.4 is 9.62 Å². The van der Waals surface area contributed by atoms with Crippen LogP contribution in [0.5, 0.6) is 0 Å². The second kappa shape index (κ2) is 7.93. The summed E-state index contributed by atoms with van der Waals surface area (Å²) in [5.74, 6) is 0.696. The lowest BCUT2D eigenvalue weighted by Crippen LogP contribution is -2.34. The van der Waals surface area contributed by atoms with Gasteiger partial charge in [0.05, 0.1) is 11.9 Å². The molecule has 1 aromatic carbocycles. The van der Waals surface area contributed by atoms with Crippen molar-refractivity contribution in [1.82, 2.24) is 14.5 Å². The summed E-state index contributed by atoms with van der Waals surface area (Å²) < 4.78 is 53.8. The minimum atomic E-state index is -3.94. The highest BCUT2D eigenvalue weighted by Gasteiger charge is 2.24. The lowest BCUT2D eigenvalue weighted by Gasteiger charge is -2.33. The summed E-state index contributed by atoms with van der Waals surface area (Å²) in [7, 11) is -3.94. The maximum Gasteiger partial charge on any atom is 0.333 e. The number of nitrogens with zero attached hydrogens (tertiary/aromatic N) is 3. The molecule has 9 heteroatoms. The quantitative estimate of drug-likeness (QED) is 0.811. The number of nitrogens with one attached hydrogen (secondary N) is 1. The number of piperidine rings is 1. The summed E-state index contributed by atoms with van der Waals surface area (Å²) in [5.41, 5.74) is 1.78. The highest BCUT2D eigenvalue weighted by molar-refractivity contribution is 7.89. The Morgan fingerprint density at radius 3 is 2.56 bits per heavy atom. The molecule has 1 fully saturated rings. The molecule has 148 valence electrons. The van der Waals surface area contributed by atoms with Gasteiger partial charge in [0.15, 0.2) is 0 Å². The smallest absolute Gasteiger partial charge is 0.333 e. The maximum atomic E-state index is 12.8. The maximum absolute atomic E-state index is 12.8. The molecule has 1 aliphatic heterocycles. The number of anilines is 1. The minimum Gasteiger partial charge on any atom is -0.371 e. The van der Waals surface area contributed by atoms with Crippen LogP contribution in [0.1, 0.15) is 37.6 Å². The van der Waals surface area contributed by atoms with Gasteiger partial charge in [-0.1, -0.05) is 25.1 Å². The molecule has 1 N–H and O–H groups in total. The Bertz CT molecular complexity index is 891. The van der Waals surface area contributed by atoms with Gasteiger partial charge in [-0.15, -0.1) is 0 Å². The highest BCUT2D eigenvalue weighted by Crippen LogP contribution is 2.27. The molecule has 1 aliphatic rings. The normalized spacial score (nSPS) is 16.3. The molecule has 0 spiro atoms. The van der Waals surface area contributed by atoms with Crippen LogP contribution in [0.25, 0.3) is 0 Å². The molecule has 1 aromatic heterocycles.